The second-order valence-corrected chi connectivity index (χ2v) is 12.3. The molecule has 2 rings (SSSR count). The van der Waals surface area contributed by atoms with Crippen molar-refractivity contribution in [2.24, 2.45) is 0 Å². The fourth-order valence-electron chi connectivity index (χ4n) is 1.83. The van der Waals surface area contributed by atoms with Crippen LogP contribution in [-0.4, -0.2) is 28.4 Å². The van der Waals surface area contributed by atoms with Crippen molar-refractivity contribution in [2.45, 2.75) is 9.79 Å². The second kappa shape index (κ2) is 12.0. The standard InChI is InChI=1S/C16H20O6P2S3.Cu/c1-17-23(25,18-2)21-13-5-9-15(10-6-13)27-16-11-7-14(8-12-16)22-24(26,19-3)20-4;/h5-12H,1-4H3;. The van der Waals surface area contributed by atoms with Crippen LogP contribution in [0.15, 0.2) is 58.3 Å². The maximum absolute atomic E-state index is 5.61. The molecule has 0 unspecified atom stereocenters. The van der Waals surface area contributed by atoms with E-state index in [1.807, 2.05) is 48.5 Å². The van der Waals surface area contributed by atoms with Crippen LogP contribution in [0.1, 0.15) is 0 Å². The van der Waals surface area contributed by atoms with E-state index in [1.54, 1.807) is 11.8 Å². The summed E-state index contributed by atoms with van der Waals surface area (Å²) >= 11 is 12.0. The Balaban J connectivity index is 0.00000392. The normalized spacial score (nSPS) is 11.6. The third-order valence-corrected chi connectivity index (χ3v) is 9.12. The summed E-state index contributed by atoms with van der Waals surface area (Å²) in [6.07, 6.45) is 0. The van der Waals surface area contributed by atoms with Gasteiger partial charge in [0.1, 0.15) is 11.5 Å². The molecule has 0 aliphatic rings. The molecule has 0 amide bonds. The van der Waals surface area contributed by atoms with Gasteiger partial charge in [0.2, 0.25) is 0 Å². The first-order chi connectivity index (χ1) is 12.8. The summed E-state index contributed by atoms with van der Waals surface area (Å²) in [6, 6.07) is 15.0. The van der Waals surface area contributed by atoms with Gasteiger partial charge in [0.15, 0.2) is 0 Å². The average molecular weight is 530 g/mol. The molecule has 0 saturated heterocycles. The molecule has 28 heavy (non-hydrogen) atoms. The molecule has 1 radical (unpaired) electrons. The Hall–Kier alpha value is 0.0495. The van der Waals surface area contributed by atoms with Gasteiger partial charge in [-0.25, -0.2) is 0 Å². The molecule has 0 heterocycles. The Bertz CT molecular complexity index is 750. The monoisotopic (exact) mass is 529 g/mol. The Morgan fingerprint density at radius 3 is 1.14 bits per heavy atom. The van der Waals surface area contributed by atoms with Crippen LogP contribution >= 0.6 is 25.2 Å². The molecule has 0 saturated carbocycles. The molecular formula is C16H20CuO6P2S3. The van der Waals surface area contributed by atoms with Crippen molar-refractivity contribution in [3.05, 3.63) is 48.5 Å². The molecule has 0 fully saturated rings. The van der Waals surface area contributed by atoms with Gasteiger partial charge in [0, 0.05) is 78.9 Å². The third-order valence-electron chi connectivity index (χ3n) is 3.21. The van der Waals surface area contributed by atoms with Crippen LogP contribution in [0.5, 0.6) is 11.5 Å². The van der Waals surface area contributed by atoms with E-state index in [0.29, 0.717) is 11.5 Å². The molecule has 0 aliphatic heterocycles. The van der Waals surface area contributed by atoms with E-state index in [2.05, 4.69) is 0 Å². The van der Waals surface area contributed by atoms with E-state index in [1.165, 1.54) is 28.4 Å². The number of hydrogen-bond acceptors (Lipinski definition) is 9. The first kappa shape index (κ1) is 26.1. The maximum atomic E-state index is 5.61. The van der Waals surface area contributed by atoms with Crippen LogP contribution in [0, 0.1) is 0 Å². The van der Waals surface area contributed by atoms with E-state index in [9.17, 15) is 0 Å². The predicted molar refractivity (Wildman–Crippen MR) is 115 cm³/mol. The van der Waals surface area contributed by atoms with Gasteiger partial charge in [-0.3, -0.25) is 0 Å². The molecule has 0 atom stereocenters. The van der Waals surface area contributed by atoms with Gasteiger partial charge < -0.3 is 27.1 Å². The van der Waals surface area contributed by atoms with Gasteiger partial charge in [0.25, 0.3) is 0 Å². The Kier molecular flexibility index (Phi) is 11.2. The van der Waals surface area contributed by atoms with Crippen molar-refractivity contribution < 1.29 is 44.2 Å². The average Bonchev–Trinajstić information content (AvgIpc) is 2.70. The molecule has 0 aliphatic carbocycles. The molecule has 0 N–H and O–H groups in total. The number of hydrogen-bond donors (Lipinski definition) is 0. The maximum Gasteiger partial charge on any atom is 0.380 e. The molecule has 0 bridgehead atoms. The van der Waals surface area contributed by atoms with Gasteiger partial charge in [-0.15, -0.1) is 0 Å². The van der Waals surface area contributed by atoms with Crippen molar-refractivity contribution in [1.82, 2.24) is 0 Å². The summed E-state index contributed by atoms with van der Waals surface area (Å²) in [4.78, 5) is 2.08. The minimum Gasteiger partial charge on any atom is -0.424 e. The van der Waals surface area contributed by atoms with Crippen LogP contribution in [0.25, 0.3) is 0 Å². The molecule has 2 aromatic rings. The van der Waals surface area contributed by atoms with Crippen LogP contribution in [0.3, 0.4) is 0 Å². The molecule has 159 valence electrons. The van der Waals surface area contributed by atoms with Crippen molar-refractivity contribution >= 4 is 48.8 Å². The zero-order valence-electron chi connectivity index (χ0n) is 15.5. The van der Waals surface area contributed by atoms with Crippen molar-refractivity contribution in [2.75, 3.05) is 28.4 Å². The summed E-state index contributed by atoms with van der Waals surface area (Å²) in [7, 11) is 5.89. The summed E-state index contributed by atoms with van der Waals surface area (Å²) < 4.78 is 31.7. The summed E-state index contributed by atoms with van der Waals surface area (Å²) in [6.45, 7) is -5.45. The van der Waals surface area contributed by atoms with Gasteiger partial charge in [0.05, 0.1) is 0 Å². The van der Waals surface area contributed by atoms with E-state index < -0.39 is 13.4 Å². The van der Waals surface area contributed by atoms with Gasteiger partial charge >= 0.3 is 13.4 Å². The molecule has 0 spiro atoms. The van der Waals surface area contributed by atoms with Gasteiger partial charge in [-0.05, 0) is 48.5 Å². The third kappa shape index (κ3) is 7.71. The molecule has 2 aromatic carbocycles. The van der Waals surface area contributed by atoms with E-state index in [0.717, 1.165) is 9.79 Å². The number of benzene rings is 2. The Morgan fingerprint density at radius 1 is 0.607 bits per heavy atom. The zero-order valence-corrected chi connectivity index (χ0v) is 20.7. The van der Waals surface area contributed by atoms with E-state index >= 15 is 0 Å². The smallest absolute Gasteiger partial charge is 0.380 e. The van der Waals surface area contributed by atoms with Crippen molar-refractivity contribution in [1.29, 1.82) is 0 Å². The molecular weight excluding hydrogens is 510 g/mol. The van der Waals surface area contributed by atoms with Crippen LogP contribution in [-0.2, 0) is 58.8 Å². The van der Waals surface area contributed by atoms with E-state index in [4.69, 9.17) is 50.8 Å². The zero-order chi connectivity index (χ0) is 19.9. The minimum atomic E-state index is -2.73. The predicted octanol–water partition coefficient (Wildman–Crippen LogP) is 5.63. The Morgan fingerprint density at radius 2 is 0.893 bits per heavy atom. The molecule has 6 nitrogen and oxygen atoms in total. The van der Waals surface area contributed by atoms with Crippen LogP contribution in [0.4, 0.5) is 0 Å². The van der Waals surface area contributed by atoms with Crippen LogP contribution < -0.4 is 9.05 Å². The summed E-state index contributed by atoms with van der Waals surface area (Å²) in [5.41, 5.74) is 0. The fraction of sp³-hybridized carbons (Fsp3) is 0.250. The van der Waals surface area contributed by atoms with Crippen molar-refractivity contribution in [3.8, 4) is 11.5 Å². The first-order valence-corrected chi connectivity index (χ1v) is 13.5. The minimum absolute atomic E-state index is 0. The topological polar surface area (TPSA) is 55.4 Å². The Labute approximate surface area is 190 Å². The van der Waals surface area contributed by atoms with Crippen LogP contribution in [0.2, 0.25) is 0 Å². The SMILES string of the molecule is COP(=S)(OC)Oc1ccc(Sc2ccc(OP(=S)(OC)OC)cc2)cc1.[Cu]. The van der Waals surface area contributed by atoms with Gasteiger partial charge in [-0.2, -0.15) is 0 Å². The summed E-state index contributed by atoms with van der Waals surface area (Å²) in [5.74, 6) is 1.19. The first-order valence-electron chi connectivity index (χ1n) is 7.55. The fourth-order valence-corrected chi connectivity index (χ4v) is 4.52. The van der Waals surface area contributed by atoms with Crippen molar-refractivity contribution in [3.63, 3.8) is 0 Å². The molecule has 12 heteroatoms. The van der Waals surface area contributed by atoms with E-state index in [-0.39, 0.29) is 17.1 Å². The quantitative estimate of drug-likeness (QED) is 0.288. The number of rotatable bonds is 10. The van der Waals surface area contributed by atoms with Gasteiger partial charge in [-0.1, -0.05) is 11.8 Å². The molecule has 0 aromatic heterocycles. The summed E-state index contributed by atoms with van der Waals surface area (Å²) in [5, 5.41) is 0. The largest absolute Gasteiger partial charge is 0.424 e. The second-order valence-electron chi connectivity index (χ2n) is 4.85.